The van der Waals surface area contributed by atoms with Crippen molar-refractivity contribution < 1.29 is 5.11 Å². The Bertz CT molecular complexity index is 373. The Morgan fingerprint density at radius 1 is 1.50 bits per heavy atom. The van der Waals surface area contributed by atoms with Crippen molar-refractivity contribution in [2.24, 2.45) is 0 Å². The molecule has 5 heteroatoms. The molecule has 0 radical (unpaired) electrons. The fraction of sp³-hybridized carbons (Fsp3) is 0.769. The largest absolute Gasteiger partial charge is 0.394 e. The Hall–Kier alpha value is -0.910. The van der Waals surface area contributed by atoms with Crippen LogP contribution in [0.3, 0.4) is 0 Å². The molecule has 1 atom stereocenters. The Balaban J connectivity index is 1.76. The molecule has 2 rings (SSSR count). The summed E-state index contributed by atoms with van der Waals surface area (Å²) in [6, 6.07) is 0. The maximum Gasteiger partial charge on any atom is 0.122 e. The van der Waals surface area contributed by atoms with Crippen LogP contribution in [0.5, 0.6) is 0 Å². The number of imidazole rings is 1. The van der Waals surface area contributed by atoms with E-state index in [2.05, 4.69) is 32.9 Å². The molecular formula is C13H24N4O. The van der Waals surface area contributed by atoms with Crippen LogP contribution in [-0.4, -0.2) is 51.8 Å². The van der Waals surface area contributed by atoms with Crippen LogP contribution in [0.4, 0.5) is 0 Å². The van der Waals surface area contributed by atoms with E-state index in [0.717, 1.165) is 39.0 Å². The van der Waals surface area contributed by atoms with Crippen molar-refractivity contribution in [2.45, 2.75) is 38.4 Å². The normalized spacial score (nSPS) is 19.5. The van der Waals surface area contributed by atoms with Crippen molar-refractivity contribution >= 4 is 0 Å². The van der Waals surface area contributed by atoms with Gasteiger partial charge >= 0.3 is 0 Å². The summed E-state index contributed by atoms with van der Waals surface area (Å²) in [5.41, 5.74) is -0.145. The van der Waals surface area contributed by atoms with Crippen molar-refractivity contribution in [1.29, 1.82) is 0 Å². The number of likely N-dealkylation sites (N-methyl/N-ethyl adjacent to an activating group) is 1. The van der Waals surface area contributed by atoms with E-state index in [1.807, 2.05) is 13.2 Å². The molecule has 0 bridgehead atoms. The van der Waals surface area contributed by atoms with Crippen LogP contribution < -0.4 is 5.32 Å². The predicted octanol–water partition coefficient (Wildman–Crippen LogP) is 0.449. The molecule has 1 aromatic rings. The molecule has 5 nitrogen and oxygen atoms in total. The summed E-state index contributed by atoms with van der Waals surface area (Å²) in [6.07, 6.45) is 6.02. The summed E-state index contributed by atoms with van der Waals surface area (Å²) < 4.78 is 2.22. The van der Waals surface area contributed by atoms with Crippen molar-refractivity contribution in [3.8, 4) is 0 Å². The van der Waals surface area contributed by atoms with Gasteiger partial charge in [0.15, 0.2) is 0 Å². The number of fused-ring (bicyclic) bond motifs is 1. The molecule has 0 aromatic carbocycles. The summed E-state index contributed by atoms with van der Waals surface area (Å²) >= 11 is 0. The van der Waals surface area contributed by atoms with Gasteiger partial charge < -0.3 is 15.0 Å². The second-order valence-corrected chi connectivity index (χ2v) is 5.39. The third-order valence-electron chi connectivity index (χ3n) is 3.98. The molecule has 1 aliphatic rings. The van der Waals surface area contributed by atoms with Crippen molar-refractivity contribution in [1.82, 2.24) is 19.8 Å². The molecule has 0 amide bonds. The highest BCUT2D eigenvalue weighted by molar-refractivity contribution is 4.95. The highest BCUT2D eigenvalue weighted by Crippen LogP contribution is 2.14. The van der Waals surface area contributed by atoms with E-state index < -0.39 is 0 Å². The van der Waals surface area contributed by atoms with Crippen LogP contribution >= 0.6 is 0 Å². The average Bonchev–Trinajstić information content (AvgIpc) is 2.86. The van der Waals surface area contributed by atoms with Crippen molar-refractivity contribution in [3.63, 3.8) is 0 Å². The first-order chi connectivity index (χ1) is 8.67. The lowest BCUT2D eigenvalue weighted by Crippen LogP contribution is -2.44. The zero-order chi connectivity index (χ0) is 13.0. The van der Waals surface area contributed by atoms with Crippen LogP contribution in [-0.2, 0) is 13.1 Å². The van der Waals surface area contributed by atoms with Gasteiger partial charge in [-0.1, -0.05) is 0 Å². The molecule has 102 valence electrons. The number of rotatable bonds is 6. The molecule has 0 fully saturated rings. The SMILES string of the molecule is CNC(C)(CO)CCCN1CCn2ccnc2C1. The van der Waals surface area contributed by atoms with Gasteiger partial charge in [-0.3, -0.25) is 4.90 Å². The summed E-state index contributed by atoms with van der Waals surface area (Å²) in [5.74, 6) is 1.17. The van der Waals surface area contributed by atoms with Gasteiger partial charge in [0.1, 0.15) is 5.82 Å². The lowest BCUT2D eigenvalue weighted by Gasteiger charge is -2.30. The van der Waals surface area contributed by atoms with E-state index in [1.54, 1.807) is 0 Å². The first-order valence-corrected chi connectivity index (χ1v) is 6.69. The summed E-state index contributed by atoms with van der Waals surface area (Å²) in [4.78, 5) is 6.81. The predicted molar refractivity (Wildman–Crippen MR) is 71.3 cm³/mol. The molecule has 18 heavy (non-hydrogen) atoms. The molecule has 1 aromatic heterocycles. The highest BCUT2D eigenvalue weighted by atomic mass is 16.3. The zero-order valence-electron chi connectivity index (χ0n) is 11.4. The molecule has 0 aliphatic carbocycles. The molecule has 1 unspecified atom stereocenters. The Kier molecular flexibility index (Phi) is 4.37. The maximum atomic E-state index is 9.34. The highest BCUT2D eigenvalue weighted by Gasteiger charge is 2.21. The number of aliphatic hydroxyl groups excluding tert-OH is 1. The molecule has 1 aliphatic heterocycles. The molecule has 2 N–H and O–H groups in total. The van der Waals surface area contributed by atoms with Gasteiger partial charge in [0.05, 0.1) is 13.2 Å². The van der Waals surface area contributed by atoms with Gasteiger partial charge in [-0.05, 0) is 33.4 Å². The number of nitrogens with zero attached hydrogens (tertiary/aromatic N) is 3. The third-order valence-corrected chi connectivity index (χ3v) is 3.98. The maximum absolute atomic E-state index is 9.34. The summed E-state index contributed by atoms with van der Waals surface area (Å²) in [7, 11) is 1.91. The smallest absolute Gasteiger partial charge is 0.122 e. The van der Waals surface area contributed by atoms with Gasteiger partial charge in [-0.25, -0.2) is 4.98 Å². The Morgan fingerprint density at radius 2 is 2.33 bits per heavy atom. The quantitative estimate of drug-likeness (QED) is 0.772. The standard InChI is InChI=1S/C13H24N4O/c1-13(11-18,14-2)4-3-6-16-8-9-17-7-5-15-12(17)10-16/h5,7,14,18H,3-4,6,8-11H2,1-2H3. The van der Waals surface area contributed by atoms with Gasteiger partial charge in [0, 0.05) is 31.0 Å². The van der Waals surface area contributed by atoms with Crippen molar-refractivity contribution in [3.05, 3.63) is 18.2 Å². The topological polar surface area (TPSA) is 53.3 Å². The first kappa shape index (κ1) is 13.5. The van der Waals surface area contributed by atoms with E-state index in [0.29, 0.717) is 0 Å². The minimum absolute atomic E-state index is 0.145. The number of aliphatic hydroxyl groups is 1. The van der Waals surface area contributed by atoms with Crippen LogP contribution in [0.2, 0.25) is 0 Å². The van der Waals surface area contributed by atoms with E-state index in [4.69, 9.17) is 0 Å². The third kappa shape index (κ3) is 3.10. The van der Waals surface area contributed by atoms with Crippen molar-refractivity contribution in [2.75, 3.05) is 26.7 Å². The van der Waals surface area contributed by atoms with Crippen LogP contribution in [0.25, 0.3) is 0 Å². The fourth-order valence-corrected chi connectivity index (χ4v) is 2.39. The number of nitrogens with one attached hydrogen (secondary N) is 1. The number of hydrogen-bond donors (Lipinski definition) is 2. The number of hydrogen-bond acceptors (Lipinski definition) is 4. The average molecular weight is 252 g/mol. The second kappa shape index (κ2) is 5.82. The summed E-state index contributed by atoms with van der Waals surface area (Å²) in [6.45, 7) is 6.41. The van der Waals surface area contributed by atoms with Crippen LogP contribution in [0.15, 0.2) is 12.4 Å². The van der Waals surface area contributed by atoms with E-state index in [1.165, 1.54) is 5.82 Å². The Morgan fingerprint density at radius 3 is 3.06 bits per heavy atom. The molecule has 2 heterocycles. The lowest BCUT2D eigenvalue weighted by molar-refractivity contribution is 0.157. The summed E-state index contributed by atoms with van der Waals surface area (Å²) in [5, 5.41) is 12.5. The first-order valence-electron chi connectivity index (χ1n) is 6.69. The second-order valence-electron chi connectivity index (χ2n) is 5.39. The van der Waals surface area contributed by atoms with E-state index in [-0.39, 0.29) is 12.1 Å². The lowest BCUT2D eigenvalue weighted by atomic mass is 9.97. The molecule has 0 saturated carbocycles. The molecule has 0 saturated heterocycles. The number of aromatic nitrogens is 2. The Labute approximate surface area is 109 Å². The van der Waals surface area contributed by atoms with E-state index >= 15 is 0 Å². The van der Waals surface area contributed by atoms with E-state index in [9.17, 15) is 5.11 Å². The van der Waals surface area contributed by atoms with Crippen LogP contribution in [0, 0.1) is 0 Å². The zero-order valence-corrected chi connectivity index (χ0v) is 11.4. The minimum Gasteiger partial charge on any atom is -0.394 e. The molecule has 0 spiro atoms. The minimum atomic E-state index is -0.145. The van der Waals surface area contributed by atoms with Gasteiger partial charge in [0.2, 0.25) is 0 Å². The van der Waals surface area contributed by atoms with Gasteiger partial charge in [-0.15, -0.1) is 0 Å². The monoisotopic (exact) mass is 252 g/mol. The molecular weight excluding hydrogens is 228 g/mol. The fourth-order valence-electron chi connectivity index (χ4n) is 2.39. The van der Waals surface area contributed by atoms with Gasteiger partial charge in [-0.2, -0.15) is 0 Å². The van der Waals surface area contributed by atoms with Gasteiger partial charge in [0.25, 0.3) is 0 Å². The van der Waals surface area contributed by atoms with Crippen LogP contribution in [0.1, 0.15) is 25.6 Å².